The predicted molar refractivity (Wildman–Crippen MR) is 76.6 cm³/mol. The van der Waals surface area contributed by atoms with Crippen molar-refractivity contribution in [3.05, 3.63) is 37.1 Å². The van der Waals surface area contributed by atoms with Crippen LogP contribution in [-0.2, 0) is 14.3 Å². The molecule has 1 aliphatic rings. The second kappa shape index (κ2) is 9.42. The second-order valence-electron chi connectivity index (χ2n) is 4.72. The lowest BCUT2D eigenvalue weighted by atomic mass is 10.0. The molecule has 0 fully saturated rings. The number of ether oxygens (including phenoxy) is 2. The van der Waals surface area contributed by atoms with Crippen molar-refractivity contribution in [2.45, 2.75) is 45.1 Å². The molecule has 3 heteroatoms. The smallest absolute Gasteiger partial charge is 0.305 e. The molecular formula is C16H24O3. The van der Waals surface area contributed by atoms with Crippen LogP contribution in [-0.4, -0.2) is 18.7 Å². The summed E-state index contributed by atoms with van der Waals surface area (Å²) in [4.78, 5) is 11.6. The van der Waals surface area contributed by atoms with Gasteiger partial charge in [-0.2, -0.15) is 0 Å². The van der Waals surface area contributed by atoms with E-state index in [1.807, 2.05) is 12.2 Å². The number of hydrogen-bond donors (Lipinski definition) is 0. The maximum absolute atomic E-state index is 11.6. The van der Waals surface area contributed by atoms with Crippen molar-refractivity contribution in [2.75, 3.05) is 6.61 Å². The number of carbonyl (C=O) groups is 1. The minimum Gasteiger partial charge on any atom is -0.499 e. The first kappa shape index (κ1) is 15.5. The Labute approximate surface area is 116 Å². The number of allylic oxidation sites excluding steroid dienone is 3. The van der Waals surface area contributed by atoms with E-state index >= 15 is 0 Å². The van der Waals surface area contributed by atoms with E-state index in [2.05, 4.69) is 25.7 Å². The summed E-state index contributed by atoms with van der Waals surface area (Å²) in [5.41, 5.74) is 0. The molecule has 0 spiro atoms. The second-order valence-corrected chi connectivity index (χ2v) is 4.72. The van der Waals surface area contributed by atoms with Gasteiger partial charge >= 0.3 is 5.97 Å². The molecule has 2 atom stereocenters. The van der Waals surface area contributed by atoms with Crippen molar-refractivity contribution in [1.29, 1.82) is 0 Å². The molecule has 0 N–H and O–H groups in total. The largest absolute Gasteiger partial charge is 0.499 e. The molecular weight excluding hydrogens is 240 g/mol. The molecule has 0 radical (unpaired) electrons. The van der Waals surface area contributed by atoms with Crippen molar-refractivity contribution >= 4 is 5.97 Å². The normalized spacial score (nSPS) is 18.9. The number of rotatable bonds is 9. The quantitative estimate of drug-likeness (QED) is 0.470. The summed E-state index contributed by atoms with van der Waals surface area (Å²) >= 11 is 0. The van der Waals surface area contributed by atoms with Gasteiger partial charge in [-0.05, 0) is 25.7 Å². The fraction of sp³-hybridized carbons (Fsp3) is 0.562. The first-order valence-electron chi connectivity index (χ1n) is 7.01. The monoisotopic (exact) mass is 264 g/mol. The SMILES string of the molecule is C=COC(CC)CCCC(=O)OCC1C=CC=CC1. The van der Waals surface area contributed by atoms with E-state index < -0.39 is 0 Å². The van der Waals surface area contributed by atoms with E-state index in [0.717, 1.165) is 25.7 Å². The number of carbonyl (C=O) groups excluding carboxylic acids is 1. The minimum atomic E-state index is -0.114. The Balaban J connectivity index is 2.08. The van der Waals surface area contributed by atoms with Crippen molar-refractivity contribution < 1.29 is 14.3 Å². The fourth-order valence-electron chi connectivity index (χ4n) is 2.01. The van der Waals surface area contributed by atoms with Crippen LogP contribution in [0.2, 0.25) is 0 Å². The molecule has 0 saturated heterocycles. The van der Waals surface area contributed by atoms with Gasteiger partial charge in [-0.1, -0.05) is 37.8 Å². The molecule has 0 aromatic rings. The van der Waals surface area contributed by atoms with E-state index in [0.29, 0.717) is 18.9 Å². The van der Waals surface area contributed by atoms with Gasteiger partial charge in [0.25, 0.3) is 0 Å². The third-order valence-corrected chi connectivity index (χ3v) is 3.18. The zero-order chi connectivity index (χ0) is 13.9. The fourth-order valence-corrected chi connectivity index (χ4v) is 2.01. The van der Waals surface area contributed by atoms with Gasteiger partial charge in [0, 0.05) is 12.3 Å². The number of hydrogen-bond acceptors (Lipinski definition) is 3. The van der Waals surface area contributed by atoms with E-state index in [4.69, 9.17) is 9.47 Å². The van der Waals surface area contributed by atoms with Crippen LogP contribution in [0.15, 0.2) is 37.1 Å². The molecule has 0 amide bonds. The van der Waals surface area contributed by atoms with E-state index in [1.165, 1.54) is 6.26 Å². The Hall–Kier alpha value is -1.51. The molecule has 1 rings (SSSR count). The Morgan fingerprint density at radius 1 is 1.53 bits per heavy atom. The highest BCUT2D eigenvalue weighted by atomic mass is 16.5. The highest BCUT2D eigenvalue weighted by molar-refractivity contribution is 5.69. The molecule has 0 heterocycles. The Morgan fingerprint density at radius 3 is 3.00 bits per heavy atom. The topological polar surface area (TPSA) is 35.5 Å². The summed E-state index contributed by atoms with van der Waals surface area (Å²) in [5.74, 6) is 0.220. The van der Waals surface area contributed by atoms with Crippen LogP contribution in [0.1, 0.15) is 39.0 Å². The molecule has 2 unspecified atom stereocenters. The summed E-state index contributed by atoms with van der Waals surface area (Å²) in [5, 5.41) is 0. The summed E-state index contributed by atoms with van der Waals surface area (Å²) < 4.78 is 10.6. The maximum atomic E-state index is 11.6. The average Bonchev–Trinajstić information content (AvgIpc) is 2.45. The lowest BCUT2D eigenvalue weighted by Gasteiger charge is -2.15. The van der Waals surface area contributed by atoms with Crippen molar-refractivity contribution in [2.24, 2.45) is 5.92 Å². The van der Waals surface area contributed by atoms with E-state index in [1.54, 1.807) is 0 Å². The summed E-state index contributed by atoms with van der Waals surface area (Å²) in [6.07, 6.45) is 13.8. The maximum Gasteiger partial charge on any atom is 0.305 e. The van der Waals surface area contributed by atoms with Gasteiger partial charge in [0.05, 0.1) is 19.0 Å². The summed E-state index contributed by atoms with van der Waals surface area (Å²) in [6, 6.07) is 0. The molecule has 19 heavy (non-hydrogen) atoms. The predicted octanol–water partition coefficient (Wildman–Crippen LogP) is 3.77. The van der Waals surface area contributed by atoms with Crippen LogP contribution in [0.5, 0.6) is 0 Å². The Kier molecular flexibility index (Phi) is 7.71. The van der Waals surface area contributed by atoms with Crippen LogP contribution in [0, 0.1) is 5.92 Å². The van der Waals surface area contributed by atoms with E-state index in [9.17, 15) is 4.79 Å². The molecule has 1 aliphatic carbocycles. The van der Waals surface area contributed by atoms with Crippen molar-refractivity contribution in [1.82, 2.24) is 0 Å². The van der Waals surface area contributed by atoms with Crippen LogP contribution in [0.3, 0.4) is 0 Å². The molecule has 0 bridgehead atoms. The van der Waals surface area contributed by atoms with Gasteiger partial charge in [-0.25, -0.2) is 0 Å². The van der Waals surface area contributed by atoms with Crippen LogP contribution >= 0.6 is 0 Å². The van der Waals surface area contributed by atoms with Gasteiger partial charge in [0.1, 0.15) is 0 Å². The van der Waals surface area contributed by atoms with Gasteiger partial charge in [0.15, 0.2) is 0 Å². The first-order chi connectivity index (χ1) is 9.26. The zero-order valence-corrected chi connectivity index (χ0v) is 11.7. The third-order valence-electron chi connectivity index (χ3n) is 3.18. The average molecular weight is 264 g/mol. The minimum absolute atomic E-state index is 0.114. The van der Waals surface area contributed by atoms with Gasteiger partial charge < -0.3 is 9.47 Å². The highest BCUT2D eigenvalue weighted by Crippen LogP contribution is 2.13. The molecule has 106 valence electrons. The molecule has 0 aliphatic heterocycles. The van der Waals surface area contributed by atoms with Crippen LogP contribution in [0.4, 0.5) is 0 Å². The van der Waals surface area contributed by atoms with Gasteiger partial charge in [0.2, 0.25) is 0 Å². The third kappa shape index (κ3) is 6.85. The van der Waals surface area contributed by atoms with Crippen LogP contribution < -0.4 is 0 Å². The van der Waals surface area contributed by atoms with E-state index in [-0.39, 0.29) is 12.1 Å². The Morgan fingerprint density at radius 2 is 2.37 bits per heavy atom. The molecule has 0 saturated carbocycles. The standard InChI is InChI=1S/C16H24O3/c1-3-15(18-4-2)11-8-12-16(17)19-13-14-9-6-5-7-10-14/h4-7,9,14-15H,2-3,8,10-13H2,1H3. The van der Waals surface area contributed by atoms with Crippen molar-refractivity contribution in [3.8, 4) is 0 Å². The highest BCUT2D eigenvalue weighted by Gasteiger charge is 2.11. The Bertz CT molecular complexity index is 331. The summed E-state index contributed by atoms with van der Waals surface area (Å²) in [6.45, 7) is 6.10. The molecule has 3 nitrogen and oxygen atoms in total. The molecule has 0 aromatic heterocycles. The van der Waals surface area contributed by atoms with Crippen LogP contribution in [0.25, 0.3) is 0 Å². The van der Waals surface area contributed by atoms with Crippen molar-refractivity contribution in [3.63, 3.8) is 0 Å². The summed E-state index contributed by atoms with van der Waals surface area (Å²) in [7, 11) is 0. The lowest BCUT2D eigenvalue weighted by molar-refractivity contribution is -0.144. The first-order valence-corrected chi connectivity index (χ1v) is 7.01. The molecule has 0 aromatic carbocycles. The van der Waals surface area contributed by atoms with Gasteiger partial charge in [-0.15, -0.1) is 0 Å². The van der Waals surface area contributed by atoms with Gasteiger partial charge in [-0.3, -0.25) is 4.79 Å². The zero-order valence-electron chi connectivity index (χ0n) is 11.7. The lowest BCUT2D eigenvalue weighted by Crippen LogP contribution is -2.14. The number of esters is 1.